The normalized spacial score (nSPS) is 35.8. The zero-order chi connectivity index (χ0) is 17.2. The highest BCUT2D eigenvalue weighted by atomic mass is 19.1. The van der Waals surface area contributed by atoms with E-state index in [2.05, 4.69) is 0 Å². The number of halogens is 1. The molecule has 25 heavy (non-hydrogen) atoms. The van der Waals surface area contributed by atoms with Crippen LogP contribution in [0, 0.1) is 29.0 Å². The Morgan fingerprint density at radius 1 is 1.12 bits per heavy atom. The molecule has 0 saturated heterocycles. The predicted octanol–water partition coefficient (Wildman–Crippen LogP) is 5.00. The van der Waals surface area contributed by atoms with Crippen molar-refractivity contribution >= 4 is 5.97 Å². The number of rotatable bonds is 5. The van der Waals surface area contributed by atoms with E-state index in [4.69, 9.17) is 4.74 Å². The van der Waals surface area contributed by atoms with Gasteiger partial charge in [-0.25, -0.2) is 9.18 Å². The van der Waals surface area contributed by atoms with E-state index in [1.807, 2.05) is 0 Å². The second kappa shape index (κ2) is 5.46. The second-order valence-electron chi connectivity index (χ2n) is 9.15. The summed E-state index contributed by atoms with van der Waals surface area (Å²) in [5.74, 6) is 1.46. The Balaban J connectivity index is 1.37. The Bertz CT molecular complexity index is 687. The molecule has 0 aliphatic heterocycles. The fourth-order valence-corrected chi connectivity index (χ4v) is 6.33. The first-order valence-corrected chi connectivity index (χ1v) is 9.71. The third-order valence-electron chi connectivity index (χ3n) is 7.04. The summed E-state index contributed by atoms with van der Waals surface area (Å²) in [6.45, 7) is 0.659. The molecule has 5 aliphatic rings. The van der Waals surface area contributed by atoms with Gasteiger partial charge >= 0.3 is 5.97 Å². The van der Waals surface area contributed by atoms with E-state index in [1.54, 1.807) is 6.07 Å². The molecule has 134 valence electrons. The lowest BCUT2D eigenvalue weighted by Crippen LogP contribution is -2.48. The molecule has 0 aromatic heterocycles. The summed E-state index contributed by atoms with van der Waals surface area (Å²) in [4.78, 5) is 11.4. The lowest BCUT2D eigenvalue weighted by Gasteiger charge is -2.56. The van der Waals surface area contributed by atoms with E-state index in [1.165, 1.54) is 44.6 Å². The van der Waals surface area contributed by atoms with Gasteiger partial charge in [-0.15, -0.1) is 0 Å². The van der Waals surface area contributed by atoms with Gasteiger partial charge in [0.05, 0.1) is 12.2 Å². The van der Waals surface area contributed by atoms with Gasteiger partial charge in [-0.1, -0.05) is 0 Å². The van der Waals surface area contributed by atoms with Gasteiger partial charge < -0.3 is 9.84 Å². The summed E-state index contributed by atoms with van der Waals surface area (Å²) in [5, 5.41) is 9.32. The van der Waals surface area contributed by atoms with Crippen LogP contribution in [0.3, 0.4) is 0 Å². The quantitative estimate of drug-likeness (QED) is 0.818. The van der Waals surface area contributed by atoms with Crippen LogP contribution < -0.4 is 4.74 Å². The van der Waals surface area contributed by atoms with Crippen LogP contribution in [0.1, 0.15) is 73.2 Å². The van der Waals surface area contributed by atoms with Gasteiger partial charge in [-0.2, -0.15) is 0 Å². The predicted molar refractivity (Wildman–Crippen MR) is 91.4 cm³/mol. The summed E-state index contributed by atoms with van der Waals surface area (Å²) in [6, 6.07) is 3.06. The van der Waals surface area contributed by atoms with E-state index in [0.29, 0.717) is 17.9 Å². The summed E-state index contributed by atoms with van der Waals surface area (Å²) in [6.07, 6.45) is 9.84. The molecule has 0 amide bonds. The largest absolute Gasteiger partial charge is 0.493 e. The third-order valence-corrected chi connectivity index (χ3v) is 7.04. The zero-order valence-corrected chi connectivity index (χ0v) is 14.5. The number of hydrogen-bond acceptors (Lipinski definition) is 2. The standard InChI is InChI=1S/C21H25FO3/c22-18-7-16(6-17(15-1-2-15)19(18)20(23)24)25-11-21-8-12-3-13(9-21)5-14(4-12)10-21/h6-7,12-15H,1-5,8-11H2,(H,23,24). The van der Waals surface area contributed by atoms with Crippen molar-refractivity contribution in [1.29, 1.82) is 0 Å². The Morgan fingerprint density at radius 2 is 1.72 bits per heavy atom. The first-order valence-electron chi connectivity index (χ1n) is 9.71. The maximum atomic E-state index is 14.4. The maximum absolute atomic E-state index is 14.4. The van der Waals surface area contributed by atoms with E-state index < -0.39 is 11.8 Å². The van der Waals surface area contributed by atoms with Gasteiger partial charge in [0.2, 0.25) is 0 Å². The van der Waals surface area contributed by atoms with Crippen LogP contribution in [-0.2, 0) is 0 Å². The highest BCUT2D eigenvalue weighted by Crippen LogP contribution is 2.60. The van der Waals surface area contributed by atoms with Crippen molar-refractivity contribution < 1.29 is 19.0 Å². The fraction of sp³-hybridized carbons (Fsp3) is 0.667. The lowest BCUT2D eigenvalue weighted by atomic mass is 9.50. The van der Waals surface area contributed by atoms with Crippen molar-refractivity contribution in [2.75, 3.05) is 6.61 Å². The molecule has 1 aromatic rings. The highest BCUT2D eigenvalue weighted by Gasteiger charge is 2.51. The van der Waals surface area contributed by atoms with Gasteiger partial charge in [-0.3, -0.25) is 0 Å². The van der Waals surface area contributed by atoms with Gasteiger partial charge in [-0.05, 0) is 86.7 Å². The molecule has 0 heterocycles. The summed E-state index contributed by atoms with van der Waals surface area (Å²) < 4.78 is 20.5. The van der Waals surface area contributed by atoms with Crippen LogP contribution in [0.4, 0.5) is 4.39 Å². The molecule has 4 bridgehead atoms. The van der Waals surface area contributed by atoms with Gasteiger partial charge in [0.1, 0.15) is 11.6 Å². The summed E-state index contributed by atoms with van der Waals surface area (Å²) in [7, 11) is 0. The molecule has 6 rings (SSSR count). The molecule has 0 atom stereocenters. The maximum Gasteiger partial charge on any atom is 0.338 e. The molecule has 5 saturated carbocycles. The molecule has 3 nitrogen and oxygen atoms in total. The van der Waals surface area contributed by atoms with Gasteiger partial charge in [0.15, 0.2) is 0 Å². The van der Waals surface area contributed by atoms with Crippen molar-refractivity contribution in [3.63, 3.8) is 0 Å². The Morgan fingerprint density at radius 3 is 2.24 bits per heavy atom. The van der Waals surface area contributed by atoms with E-state index in [9.17, 15) is 14.3 Å². The van der Waals surface area contributed by atoms with Crippen LogP contribution in [-0.4, -0.2) is 17.7 Å². The molecule has 5 fully saturated rings. The second-order valence-corrected chi connectivity index (χ2v) is 9.15. The number of carboxylic acid groups (broad SMARTS) is 1. The minimum Gasteiger partial charge on any atom is -0.493 e. The number of ether oxygens (including phenoxy) is 1. The first-order chi connectivity index (χ1) is 12.0. The van der Waals surface area contributed by atoms with Crippen molar-refractivity contribution in [2.24, 2.45) is 23.2 Å². The van der Waals surface area contributed by atoms with Crippen molar-refractivity contribution in [2.45, 2.75) is 57.3 Å². The monoisotopic (exact) mass is 344 g/mol. The summed E-state index contributed by atoms with van der Waals surface area (Å²) in [5.41, 5.74) is 0.730. The molecule has 5 aliphatic carbocycles. The first kappa shape index (κ1) is 15.7. The molecule has 0 unspecified atom stereocenters. The van der Waals surface area contributed by atoms with Crippen molar-refractivity contribution in [1.82, 2.24) is 0 Å². The average molecular weight is 344 g/mol. The number of benzene rings is 1. The number of carbonyl (C=O) groups is 1. The molecule has 1 N–H and O–H groups in total. The fourth-order valence-electron chi connectivity index (χ4n) is 6.33. The van der Waals surface area contributed by atoms with E-state index in [-0.39, 0.29) is 16.9 Å². The van der Waals surface area contributed by atoms with Crippen LogP contribution in [0.25, 0.3) is 0 Å². The van der Waals surface area contributed by atoms with E-state index >= 15 is 0 Å². The molecule has 0 spiro atoms. The highest BCUT2D eigenvalue weighted by molar-refractivity contribution is 5.90. The smallest absolute Gasteiger partial charge is 0.338 e. The minimum absolute atomic E-state index is 0.162. The average Bonchev–Trinajstić information content (AvgIpc) is 3.35. The van der Waals surface area contributed by atoms with Gasteiger partial charge in [0.25, 0.3) is 0 Å². The molecular weight excluding hydrogens is 319 g/mol. The van der Waals surface area contributed by atoms with Crippen molar-refractivity contribution in [3.8, 4) is 5.75 Å². The van der Waals surface area contributed by atoms with Crippen LogP contribution >= 0.6 is 0 Å². The lowest BCUT2D eigenvalue weighted by molar-refractivity contribution is -0.0745. The number of carboxylic acids is 1. The topological polar surface area (TPSA) is 46.5 Å². The Kier molecular flexibility index (Phi) is 3.42. The minimum atomic E-state index is -1.17. The molecule has 0 radical (unpaired) electrons. The zero-order valence-electron chi connectivity index (χ0n) is 14.5. The Hall–Kier alpha value is -1.58. The number of hydrogen-bond donors (Lipinski definition) is 1. The van der Waals surface area contributed by atoms with Crippen LogP contribution in [0.2, 0.25) is 0 Å². The SMILES string of the molecule is O=C(O)c1c(F)cc(OCC23CC4CC(CC(C4)C2)C3)cc1C1CC1. The molecule has 4 heteroatoms. The third kappa shape index (κ3) is 2.74. The summed E-state index contributed by atoms with van der Waals surface area (Å²) >= 11 is 0. The molecular formula is C21H25FO3. The Labute approximate surface area is 147 Å². The van der Waals surface area contributed by atoms with Crippen molar-refractivity contribution in [3.05, 3.63) is 29.1 Å². The number of aromatic carboxylic acids is 1. The molecule has 1 aromatic carbocycles. The van der Waals surface area contributed by atoms with Gasteiger partial charge in [0, 0.05) is 11.5 Å². The van der Waals surface area contributed by atoms with Crippen LogP contribution in [0.15, 0.2) is 12.1 Å². The van der Waals surface area contributed by atoms with E-state index in [0.717, 1.165) is 30.6 Å². The van der Waals surface area contributed by atoms with Crippen LogP contribution in [0.5, 0.6) is 5.75 Å².